The second-order valence-corrected chi connectivity index (χ2v) is 4.46. The smallest absolute Gasteiger partial charge is 0.417 e. The number of pyridine rings is 1. The number of halogens is 4. The number of rotatable bonds is 2. The summed E-state index contributed by atoms with van der Waals surface area (Å²) < 4.78 is 37.1. The maximum atomic E-state index is 12.4. The predicted octanol–water partition coefficient (Wildman–Crippen LogP) is 3.71. The van der Waals surface area contributed by atoms with Crippen molar-refractivity contribution >= 4 is 23.2 Å². The number of phenolic OH excluding ortho intramolecular Hbond substituents is 1. The van der Waals surface area contributed by atoms with Gasteiger partial charge in [-0.05, 0) is 24.3 Å². The number of benzene rings is 1. The van der Waals surface area contributed by atoms with Gasteiger partial charge in [0, 0.05) is 18.0 Å². The first-order valence-electron chi connectivity index (χ1n) is 5.60. The summed E-state index contributed by atoms with van der Waals surface area (Å²) in [6, 6.07) is 5.75. The maximum Gasteiger partial charge on any atom is 0.417 e. The summed E-state index contributed by atoms with van der Waals surface area (Å²) in [5.74, 6) is -0.930. The normalized spacial score (nSPS) is 11.2. The molecule has 8 heteroatoms. The van der Waals surface area contributed by atoms with Gasteiger partial charge in [0.15, 0.2) is 0 Å². The Labute approximate surface area is 122 Å². The van der Waals surface area contributed by atoms with Crippen LogP contribution in [0.1, 0.15) is 16.1 Å². The monoisotopic (exact) mass is 316 g/mol. The molecule has 0 saturated heterocycles. The molecule has 0 fully saturated rings. The lowest BCUT2D eigenvalue weighted by molar-refractivity contribution is -0.137. The quantitative estimate of drug-likeness (QED) is 0.887. The zero-order valence-corrected chi connectivity index (χ0v) is 11.0. The number of nitrogens with one attached hydrogen (secondary N) is 1. The molecule has 0 bridgehead atoms. The Bertz CT molecular complexity index is 672. The van der Waals surface area contributed by atoms with Crippen molar-refractivity contribution in [3.05, 3.63) is 52.8 Å². The standard InChI is InChI=1S/C13H8ClF3N2O2/c14-9-3-2-8(5-11(9)20)19-12(21)10-4-1-7(6-18-10)13(15,16)17/h1-6,20H,(H,19,21). The van der Waals surface area contributed by atoms with Crippen molar-refractivity contribution in [3.8, 4) is 5.75 Å². The van der Waals surface area contributed by atoms with Crippen LogP contribution >= 0.6 is 11.6 Å². The molecular weight excluding hydrogens is 309 g/mol. The first-order chi connectivity index (χ1) is 9.77. The molecule has 0 spiro atoms. The summed E-state index contributed by atoms with van der Waals surface area (Å²) in [6.07, 6.45) is -3.93. The number of aromatic nitrogens is 1. The number of alkyl halides is 3. The molecule has 4 nitrogen and oxygen atoms in total. The Morgan fingerprint density at radius 1 is 1.24 bits per heavy atom. The minimum Gasteiger partial charge on any atom is -0.506 e. The van der Waals surface area contributed by atoms with E-state index in [-0.39, 0.29) is 22.2 Å². The van der Waals surface area contributed by atoms with Crippen LogP contribution in [0.3, 0.4) is 0 Å². The average Bonchev–Trinajstić information content (AvgIpc) is 2.42. The Balaban J connectivity index is 2.15. The van der Waals surface area contributed by atoms with Crippen molar-refractivity contribution in [1.29, 1.82) is 0 Å². The number of phenols is 1. The Kier molecular flexibility index (Phi) is 4.04. The summed E-state index contributed by atoms with van der Waals surface area (Å²) in [5.41, 5.74) is -0.885. The molecule has 110 valence electrons. The number of anilines is 1. The number of carbonyl (C=O) groups is 1. The third-order valence-corrected chi connectivity index (χ3v) is 2.85. The molecule has 1 aromatic heterocycles. The van der Waals surface area contributed by atoms with Gasteiger partial charge in [0.1, 0.15) is 11.4 Å². The van der Waals surface area contributed by atoms with Crippen LogP contribution in [0.5, 0.6) is 5.75 Å². The number of hydrogen-bond acceptors (Lipinski definition) is 3. The van der Waals surface area contributed by atoms with Gasteiger partial charge in [-0.25, -0.2) is 0 Å². The van der Waals surface area contributed by atoms with Crippen LogP contribution in [0.2, 0.25) is 5.02 Å². The number of hydrogen-bond donors (Lipinski definition) is 2. The van der Waals surface area contributed by atoms with Gasteiger partial charge in [0.05, 0.1) is 10.6 Å². The molecule has 1 heterocycles. The third kappa shape index (κ3) is 3.63. The summed E-state index contributed by atoms with van der Waals surface area (Å²) >= 11 is 5.61. The van der Waals surface area contributed by atoms with E-state index < -0.39 is 17.6 Å². The van der Waals surface area contributed by atoms with Gasteiger partial charge in [-0.2, -0.15) is 13.2 Å². The van der Waals surface area contributed by atoms with Crippen molar-refractivity contribution in [2.45, 2.75) is 6.18 Å². The number of nitrogens with zero attached hydrogens (tertiary/aromatic N) is 1. The molecule has 0 aliphatic heterocycles. The van der Waals surface area contributed by atoms with Crippen LogP contribution in [0.4, 0.5) is 18.9 Å². The lowest BCUT2D eigenvalue weighted by atomic mass is 10.2. The van der Waals surface area contributed by atoms with E-state index in [4.69, 9.17) is 11.6 Å². The summed E-state index contributed by atoms with van der Waals surface area (Å²) in [5, 5.41) is 11.9. The van der Waals surface area contributed by atoms with E-state index in [1.54, 1.807) is 0 Å². The predicted molar refractivity (Wildman–Crippen MR) is 70.3 cm³/mol. The lowest BCUT2D eigenvalue weighted by Gasteiger charge is -2.08. The van der Waals surface area contributed by atoms with E-state index in [1.165, 1.54) is 18.2 Å². The van der Waals surface area contributed by atoms with Gasteiger partial charge in [0.2, 0.25) is 0 Å². The number of aromatic hydroxyl groups is 1. The van der Waals surface area contributed by atoms with Crippen LogP contribution in [-0.2, 0) is 6.18 Å². The molecule has 2 rings (SSSR count). The molecule has 0 unspecified atom stereocenters. The van der Waals surface area contributed by atoms with Gasteiger partial charge in [0.25, 0.3) is 5.91 Å². The van der Waals surface area contributed by atoms with Crippen molar-refractivity contribution in [3.63, 3.8) is 0 Å². The molecule has 21 heavy (non-hydrogen) atoms. The number of amides is 1. The first-order valence-corrected chi connectivity index (χ1v) is 5.98. The van der Waals surface area contributed by atoms with E-state index >= 15 is 0 Å². The van der Waals surface area contributed by atoms with Crippen LogP contribution in [0.15, 0.2) is 36.5 Å². The molecule has 0 aliphatic rings. The van der Waals surface area contributed by atoms with Crippen molar-refractivity contribution in [2.75, 3.05) is 5.32 Å². The fourth-order valence-corrected chi connectivity index (χ4v) is 1.60. The third-order valence-electron chi connectivity index (χ3n) is 2.53. The zero-order valence-electron chi connectivity index (χ0n) is 10.3. The number of carbonyl (C=O) groups excluding carboxylic acids is 1. The van der Waals surface area contributed by atoms with Crippen molar-refractivity contribution in [1.82, 2.24) is 4.98 Å². The molecule has 1 amide bonds. The second kappa shape index (κ2) is 5.61. The highest BCUT2D eigenvalue weighted by Crippen LogP contribution is 2.29. The molecule has 0 radical (unpaired) electrons. The van der Waals surface area contributed by atoms with Gasteiger partial charge in [-0.15, -0.1) is 0 Å². The van der Waals surface area contributed by atoms with Crippen LogP contribution in [-0.4, -0.2) is 16.0 Å². The Hall–Kier alpha value is -2.28. The summed E-state index contributed by atoms with van der Waals surface area (Å²) in [4.78, 5) is 15.3. The molecule has 0 atom stereocenters. The highest BCUT2D eigenvalue weighted by molar-refractivity contribution is 6.32. The Morgan fingerprint density at radius 3 is 2.48 bits per heavy atom. The van der Waals surface area contributed by atoms with E-state index in [0.717, 1.165) is 12.1 Å². The van der Waals surface area contributed by atoms with E-state index in [2.05, 4.69) is 10.3 Å². The summed E-state index contributed by atoms with van der Waals surface area (Å²) in [7, 11) is 0. The molecule has 2 aromatic rings. The van der Waals surface area contributed by atoms with Gasteiger partial charge in [-0.3, -0.25) is 9.78 Å². The highest BCUT2D eigenvalue weighted by Gasteiger charge is 2.30. The zero-order chi connectivity index (χ0) is 15.6. The largest absolute Gasteiger partial charge is 0.506 e. The molecule has 0 saturated carbocycles. The topological polar surface area (TPSA) is 62.2 Å². The molecule has 2 N–H and O–H groups in total. The highest BCUT2D eigenvalue weighted by atomic mass is 35.5. The van der Waals surface area contributed by atoms with Crippen molar-refractivity contribution in [2.24, 2.45) is 0 Å². The summed E-state index contributed by atoms with van der Waals surface area (Å²) in [6.45, 7) is 0. The minimum absolute atomic E-state index is 0.112. The fourth-order valence-electron chi connectivity index (χ4n) is 1.48. The molecule has 1 aromatic carbocycles. The second-order valence-electron chi connectivity index (χ2n) is 4.05. The van der Waals surface area contributed by atoms with Gasteiger partial charge >= 0.3 is 6.18 Å². The first kappa shape index (κ1) is 15.1. The minimum atomic E-state index is -4.51. The van der Waals surface area contributed by atoms with Crippen molar-refractivity contribution < 1.29 is 23.1 Å². The van der Waals surface area contributed by atoms with E-state index in [1.807, 2.05) is 0 Å². The van der Waals surface area contributed by atoms with E-state index in [0.29, 0.717) is 6.20 Å². The lowest BCUT2D eigenvalue weighted by Crippen LogP contribution is -2.14. The fraction of sp³-hybridized carbons (Fsp3) is 0.0769. The van der Waals surface area contributed by atoms with Crippen LogP contribution in [0.25, 0.3) is 0 Å². The van der Waals surface area contributed by atoms with Gasteiger partial charge in [-0.1, -0.05) is 11.6 Å². The van der Waals surface area contributed by atoms with Crippen LogP contribution in [0, 0.1) is 0 Å². The molecular formula is C13H8ClF3N2O2. The van der Waals surface area contributed by atoms with Crippen LogP contribution < -0.4 is 5.32 Å². The van der Waals surface area contributed by atoms with E-state index in [9.17, 15) is 23.1 Å². The van der Waals surface area contributed by atoms with Gasteiger partial charge < -0.3 is 10.4 Å². The average molecular weight is 317 g/mol. The molecule has 0 aliphatic carbocycles. The SMILES string of the molecule is O=C(Nc1ccc(Cl)c(O)c1)c1ccc(C(F)(F)F)cn1. The Morgan fingerprint density at radius 2 is 1.95 bits per heavy atom. The maximum absolute atomic E-state index is 12.4.